The zero-order chi connectivity index (χ0) is 18.5. The highest BCUT2D eigenvalue weighted by Crippen LogP contribution is 2.49. The quantitative estimate of drug-likeness (QED) is 0.697. The molecule has 1 aliphatic carbocycles. The molecule has 1 fully saturated rings. The second-order valence-electron chi connectivity index (χ2n) is 7.15. The number of carbonyl (C=O) groups excluding carboxylic acids is 1. The first-order chi connectivity index (χ1) is 12.6. The Morgan fingerprint density at radius 1 is 1.35 bits per heavy atom. The zero-order valence-electron chi connectivity index (χ0n) is 15.5. The first-order valence-corrected chi connectivity index (χ1v) is 10.3. The van der Waals surface area contributed by atoms with Gasteiger partial charge in [-0.3, -0.25) is 4.79 Å². The number of rotatable bonds is 9. The molecule has 1 aromatic heterocycles. The van der Waals surface area contributed by atoms with Crippen molar-refractivity contribution in [2.24, 2.45) is 17.6 Å². The maximum atomic E-state index is 12.5. The second kappa shape index (κ2) is 8.69. The molecule has 5 heteroatoms. The summed E-state index contributed by atoms with van der Waals surface area (Å²) >= 11 is 1.73. The molecule has 1 aromatic carbocycles. The molecule has 26 heavy (non-hydrogen) atoms. The summed E-state index contributed by atoms with van der Waals surface area (Å²) in [6, 6.07) is 11.9. The lowest BCUT2D eigenvalue weighted by molar-refractivity contribution is -0.123. The van der Waals surface area contributed by atoms with E-state index in [4.69, 9.17) is 10.5 Å². The fourth-order valence-electron chi connectivity index (χ4n) is 3.01. The van der Waals surface area contributed by atoms with Crippen LogP contribution in [0.2, 0.25) is 0 Å². The van der Waals surface area contributed by atoms with Gasteiger partial charge in [0.25, 0.3) is 0 Å². The summed E-state index contributed by atoms with van der Waals surface area (Å²) in [5, 5.41) is 5.18. The predicted molar refractivity (Wildman–Crippen MR) is 106 cm³/mol. The average Bonchev–Trinajstić information content (AvgIpc) is 3.29. The van der Waals surface area contributed by atoms with Crippen LogP contribution in [0.3, 0.4) is 0 Å². The van der Waals surface area contributed by atoms with Crippen LogP contribution >= 0.6 is 11.3 Å². The molecule has 0 saturated heterocycles. The van der Waals surface area contributed by atoms with Gasteiger partial charge in [-0.1, -0.05) is 38.5 Å². The normalized spacial score (nSPS) is 21.0. The smallest absolute Gasteiger partial charge is 0.224 e. The van der Waals surface area contributed by atoms with Crippen LogP contribution in [0.25, 0.3) is 0 Å². The Hall–Kier alpha value is -1.85. The number of ether oxygens (including phenoxy) is 1. The highest BCUT2D eigenvalue weighted by molar-refractivity contribution is 7.10. The molecule has 3 N–H and O–H groups in total. The van der Waals surface area contributed by atoms with Gasteiger partial charge in [0.05, 0.1) is 12.6 Å². The molecular formula is C21H28N2O2S. The SMILES string of the molecule is CC[C@H](C)COc1ccc([C@H](CN)NC(=O)[C@H]2C[C@@H]2c2cccs2)cc1. The lowest BCUT2D eigenvalue weighted by Gasteiger charge is -2.18. The van der Waals surface area contributed by atoms with E-state index in [0.717, 1.165) is 30.8 Å². The Morgan fingerprint density at radius 3 is 2.73 bits per heavy atom. The highest BCUT2D eigenvalue weighted by Gasteiger charge is 2.44. The van der Waals surface area contributed by atoms with Crippen molar-refractivity contribution < 1.29 is 9.53 Å². The second-order valence-corrected chi connectivity index (χ2v) is 8.13. The van der Waals surface area contributed by atoms with E-state index in [9.17, 15) is 4.79 Å². The first-order valence-electron chi connectivity index (χ1n) is 9.39. The van der Waals surface area contributed by atoms with Gasteiger partial charge in [0.2, 0.25) is 5.91 Å². The fourth-order valence-corrected chi connectivity index (χ4v) is 3.92. The standard InChI is InChI=1S/C21H28N2O2S/c1-3-14(2)13-25-16-8-6-15(7-9-16)19(12-22)23-21(24)18-11-17(18)20-5-4-10-26-20/h4-10,14,17-19H,3,11-13,22H2,1-2H3,(H,23,24)/t14-,17-,18-,19-/m0/s1. The number of carbonyl (C=O) groups is 1. The molecular weight excluding hydrogens is 344 g/mol. The molecule has 0 spiro atoms. The van der Waals surface area contributed by atoms with Crippen molar-refractivity contribution in [3.63, 3.8) is 0 Å². The Labute approximate surface area is 159 Å². The Balaban J connectivity index is 1.54. The highest BCUT2D eigenvalue weighted by atomic mass is 32.1. The van der Waals surface area contributed by atoms with Crippen LogP contribution in [0.1, 0.15) is 49.1 Å². The van der Waals surface area contributed by atoms with Crippen molar-refractivity contribution in [3.8, 4) is 5.75 Å². The maximum Gasteiger partial charge on any atom is 0.224 e. The summed E-state index contributed by atoms with van der Waals surface area (Å²) in [4.78, 5) is 13.8. The van der Waals surface area contributed by atoms with Crippen LogP contribution in [-0.2, 0) is 4.79 Å². The van der Waals surface area contributed by atoms with Crippen molar-refractivity contribution >= 4 is 17.2 Å². The summed E-state index contributed by atoms with van der Waals surface area (Å²) in [6.45, 7) is 5.44. The van der Waals surface area contributed by atoms with E-state index in [1.807, 2.05) is 30.3 Å². The zero-order valence-corrected chi connectivity index (χ0v) is 16.3. The van der Waals surface area contributed by atoms with E-state index < -0.39 is 0 Å². The van der Waals surface area contributed by atoms with Crippen LogP contribution < -0.4 is 15.8 Å². The van der Waals surface area contributed by atoms with E-state index in [1.165, 1.54) is 4.88 Å². The molecule has 140 valence electrons. The molecule has 4 atom stereocenters. The number of thiophene rings is 1. The lowest BCUT2D eigenvalue weighted by atomic mass is 10.1. The molecule has 0 radical (unpaired) electrons. The van der Waals surface area contributed by atoms with Crippen LogP contribution in [0.4, 0.5) is 0 Å². The summed E-state index contributed by atoms with van der Waals surface area (Å²) in [7, 11) is 0. The minimum absolute atomic E-state index is 0.0841. The van der Waals surface area contributed by atoms with Gasteiger partial charge < -0.3 is 15.8 Å². The molecule has 0 bridgehead atoms. The van der Waals surface area contributed by atoms with Crippen LogP contribution in [0.15, 0.2) is 41.8 Å². The van der Waals surface area contributed by atoms with Gasteiger partial charge in [-0.15, -0.1) is 11.3 Å². The van der Waals surface area contributed by atoms with Gasteiger partial charge in [0.15, 0.2) is 0 Å². The summed E-state index contributed by atoms with van der Waals surface area (Å²) in [5.41, 5.74) is 6.93. The summed E-state index contributed by atoms with van der Waals surface area (Å²) < 4.78 is 5.79. The lowest BCUT2D eigenvalue weighted by Crippen LogP contribution is -2.34. The van der Waals surface area contributed by atoms with Crippen molar-refractivity contribution in [2.75, 3.05) is 13.2 Å². The van der Waals surface area contributed by atoms with Crippen LogP contribution in [0.5, 0.6) is 5.75 Å². The van der Waals surface area contributed by atoms with Crippen molar-refractivity contribution in [2.45, 2.75) is 38.6 Å². The maximum absolute atomic E-state index is 12.5. The third kappa shape index (κ3) is 4.65. The number of nitrogens with two attached hydrogens (primary N) is 1. The van der Waals surface area contributed by atoms with Gasteiger partial charge in [-0.05, 0) is 41.5 Å². The number of nitrogens with one attached hydrogen (secondary N) is 1. The van der Waals surface area contributed by atoms with Gasteiger partial charge >= 0.3 is 0 Å². The Morgan fingerprint density at radius 2 is 2.12 bits per heavy atom. The topological polar surface area (TPSA) is 64.3 Å². The third-order valence-electron chi connectivity index (χ3n) is 5.10. The van der Waals surface area contributed by atoms with Gasteiger partial charge in [0, 0.05) is 23.3 Å². The van der Waals surface area contributed by atoms with Crippen LogP contribution in [0, 0.1) is 11.8 Å². The van der Waals surface area contributed by atoms with Gasteiger partial charge in [0.1, 0.15) is 5.75 Å². The molecule has 4 nitrogen and oxygen atoms in total. The number of hydrogen-bond donors (Lipinski definition) is 2. The molecule has 1 heterocycles. The van der Waals surface area contributed by atoms with E-state index in [1.54, 1.807) is 11.3 Å². The van der Waals surface area contributed by atoms with Gasteiger partial charge in [-0.25, -0.2) is 0 Å². The number of benzene rings is 1. The largest absolute Gasteiger partial charge is 0.493 e. The predicted octanol–water partition coefficient (Wildman–Crippen LogP) is 4.09. The first kappa shape index (κ1) is 18.9. The monoisotopic (exact) mass is 372 g/mol. The van der Waals surface area contributed by atoms with E-state index in [0.29, 0.717) is 18.4 Å². The van der Waals surface area contributed by atoms with Crippen molar-refractivity contribution in [3.05, 3.63) is 52.2 Å². The Kier molecular flexibility index (Phi) is 6.33. The van der Waals surface area contributed by atoms with E-state index in [2.05, 4.69) is 30.6 Å². The molecule has 3 rings (SSSR count). The molecule has 1 aliphatic rings. The molecule has 1 saturated carbocycles. The summed E-state index contributed by atoms with van der Waals surface area (Å²) in [6.07, 6.45) is 2.04. The van der Waals surface area contributed by atoms with E-state index >= 15 is 0 Å². The molecule has 0 unspecified atom stereocenters. The minimum atomic E-state index is -0.157. The number of amides is 1. The molecule has 2 aromatic rings. The van der Waals surface area contributed by atoms with Crippen molar-refractivity contribution in [1.82, 2.24) is 5.32 Å². The summed E-state index contributed by atoms with van der Waals surface area (Å²) in [5.74, 6) is 1.97. The Bertz CT molecular complexity index is 699. The van der Waals surface area contributed by atoms with Crippen molar-refractivity contribution in [1.29, 1.82) is 0 Å². The van der Waals surface area contributed by atoms with Crippen LogP contribution in [-0.4, -0.2) is 19.1 Å². The third-order valence-corrected chi connectivity index (χ3v) is 6.11. The van der Waals surface area contributed by atoms with E-state index in [-0.39, 0.29) is 17.9 Å². The average molecular weight is 373 g/mol. The molecule has 1 amide bonds. The number of hydrogen-bond acceptors (Lipinski definition) is 4. The minimum Gasteiger partial charge on any atom is -0.493 e. The van der Waals surface area contributed by atoms with Gasteiger partial charge in [-0.2, -0.15) is 0 Å². The molecule has 0 aliphatic heterocycles. The fraction of sp³-hybridized carbons (Fsp3) is 0.476.